The molecule has 0 radical (unpaired) electrons. The van der Waals surface area contributed by atoms with E-state index >= 15 is 0 Å². The summed E-state index contributed by atoms with van der Waals surface area (Å²) in [6, 6.07) is 9.37. The third-order valence-electron chi connectivity index (χ3n) is 2.32. The zero-order valence-corrected chi connectivity index (χ0v) is 12.0. The van der Waals surface area contributed by atoms with E-state index in [0.717, 1.165) is 15.0 Å². The molecule has 0 saturated carbocycles. The molecule has 1 aromatic carbocycles. The van der Waals surface area contributed by atoms with Gasteiger partial charge in [-0.15, -0.1) is 11.3 Å². The highest BCUT2D eigenvalue weighted by atomic mass is 79.9. The number of aliphatic hydroxyl groups is 1. The summed E-state index contributed by atoms with van der Waals surface area (Å²) in [5.41, 5.74) is 0.831. The molecule has 2 nitrogen and oxygen atoms in total. The zero-order chi connectivity index (χ0) is 12.3. The Balaban J connectivity index is 2.18. The maximum absolute atomic E-state index is 9.43. The molecule has 2 rings (SSSR count). The van der Waals surface area contributed by atoms with Gasteiger partial charge in [0.1, 0.15) is 0 Å². The number of hydrogen-bond acceptors (Lipinski definition) is 3. The van der Waals surface area contributed by atoms with Gasteiger partial charge in [-0.1, -0.05) is 23.7 Å². The Morgan fingerprint density at radius 2 is 2.18 bits per heavy atom. The minimum absolute atomic E-state index is 0.0260. The fourth-order valence-corrected chi connectivity index (χ4v) is 3.16. The van der Waals surface area contributed by atoms with E-state index in [9.17, 15) is 5.11 Å². The predicted molar refractivity (Wildman–Crippen MR) is 76.9 cm³/mol. The fourth-order valence-electron chi connectivity index (χ4n) is 1.48. The number of para-hydroxylation sites is 1. The van der Waals surface area contributed by atoms with Crippen molar-refractivity contribution in [2.75, 3.05) is 11.9 Å². The van der Waals surface area contributed by atoms with E-state index in [4.69, 9.17) is 11.6 Å². The second-order valence-electron chi connectivity index (χ2n) is 3.53. The van der Waals surface area contributed by atoms with Crippen LogP contribution in [-0.2, 0) is 0 Å². The van der Waals surface area contributed by atoms with Crippen molar-refractivity contribution in [3.63, 3.8) is 0 Å². The van der Waals surface area contributed by atoms with E-state index in [1.165, 1.54) is 0 Å². The first-order chi connectivity index (χ1) is 8.20. The average Bonchev–Trinajstić information content (AvgIpc) is 2.75. The highest BCUT2D eigenvalue weighted by Crippen LogP contribution is 2.30. The molecule has 17 heavy (non-hydrogen) atoms. The molecule has 0 aliphatic rings. The lowest BCUT2D eigenvalue weighted by molar-refractivity contribution is 0.278. The summed E-state index contributed by atoms with van der Waals surface area (Å²) < 4.78 is 1.02. The van der Waals surface area contributed by atoms with Gasteiger partial charge in [-0.05, 0) is 34.1 Å². The van der Waals surface area contributed by atoms with Crippen LogP contribution in [0.15, 0.2) is 40.2 Å². The summed E-state index contributed by atoms with van der Waals surface area (Å²) >= 11 is 11.1. The van der Waals surface area contributed by atoms with Crippen LogP contribution < -0.4 is 5.32 Å². The predicted octanol–water partition coefficient (Wildman–Crippen LogP) is 4.31. The van der Waals surface area contributed by atoms with E-state index in [2.05, 4.69) is 21.2 Å². The van der Waals surface area contributed by atoms with Crippen molar-refractivity contribution in [2.24, 2.45) is 0 Å². The monoisotopic (exact) mass is 331 g/mol. The molecule has 90 valence electrons. The van der Waals surface area contributed by atoms with Crippen LogP contribution in [0.25, 0.3) is 0 Å². The van der Waals surface area contributed by atoms with Crippen molar-refractivity contribution in [3.8, 4) is 0 Å². The van der Waals surface area contributed by atoms with Crippen molar-refractivity contribution in [1.29, 1.82) is 0 Å². The number of thiophene rings is 1. The van der Waals surface area contributed by atoms with Crippen LogP contribution in [0.3, 0.4) is 0 Å². The van der Waals surface area contributed by atoms with Gasteiger partial charge in [0.25, 0.3) is 0 Å². The Bertz CT molecular complexity index is 503. The lowest BCUT2D eigenvalue weighted by Crippen LogP contribution is -2.13. The minimum Gasteiger partial charge on any atom is -0.394 e. The van der Waals surface area contributed by atoms with Crippen LogP contribution >= 0.6 is 38.9 Å². The third-order valence-corrected chi connectivity index (χ3v) is 4.45. The first-order valence-electron chi connectivity index (χ1n) is 5.06. The van der Waals surface area contributed by atoms with E-state index in [0.29, 0.717) is 5.02 Å². The Labute approximate surface area is 117 Å². The van der Waals surface area contributed by atoms with Crippen LogP contribution in [0.4, 0.5) is 5.69 Å². The molecule has 2 N–H and O–H groups in total. The first kappa shape index (κ1) is 12.9. The van der Waals surface area contributed by atoms with Crippen molar-refractivity contribution in [1.82, 2.24) is 0 Å². The summed E-state index contributed by atoms with van der Waals surface area (Å²) in [6.07, 6.45) is 0. The van der Waals surface area contributed by atoms with Crippen molar-refractivity contribution < 1.29 is 5.11 Å². The lowest BCUT2D eigenvalue weighted by atomic mass is 10.2. The maximum Gasteiger partial charge on any atom is 0.0838 e. The van der Waals surface area contributed by atoms with Crippen LogP contribution in [0, 0.1) is 0 Å². The fraction of sp³-hybridized carbons (Fsp3) is 0.167. The van der Waals surface area contributed by atoms with E-state index in [-0.39, 0.29) is 12.6 Å². The Kier molecular flexibility index (Phi) is 4.45. The number of halogens is 2. The molecule has 1 unspecified atom stereocenters. The highest BCUT2D eigenvalue weighted by molar-refractivity contribution is 9.10. The minimum atomic E-state index is -0.133. The molecule has 0 amide bonds. The van der Waals surface area contributed by atoms with Crippen molar-refractivity contribution >= 4 is 44.6 Å². The number of anilines is 1. The molecule has 1 heterocycles. The van der Waals surface area contributed by atoms with E-state index in [1.807, 2.05) is 35.7 Å². The van der Waals surface area contributed by atoms with Gasteiger partial charge in [0.05, 0.1) is 23.4 Å². The number of benzene rings is 1. The molecule has 0 fully saturated rings. The smallest absolute Gasteiger partial charge is 0.0838 e. The van der Waals surface area contributed by atoms with Gasteiger partial charge < -0.3 is 10.4 Å². The van der Waals surface area contributed by atoms with Gasteiger partial charge in [0, 0.05) is 14.7 Å². The molecule has 0 aliphatic carbocycles. The quantitative estimate of drug-likeness (QED) is 0.874. The molecule has 1 aromatic heterocycles. The Morgan fingerprint density at radius 3 is 2.76 bits per heavy atom. The SMILES string of the molecule is OCC(Nc1ccccc1Cl)c1cc(Br)cs1. The van der Waals surface area contributed by atoms with Crippen LogP contribution in [0.5, 0.6) is 0 Å². The van der Waals surface area contributed by atoms with Crippen LogP contribution in [0.1, 0.15) is 10.9 Å². The van der Waals surface area contributed by atoms with Gasteiger partial charge in [-0.3, -0.25) is 0 Å². The average molecular weight is 333 g/mol. The molecule has 2 aromatic rings. The van der Waals surface area contributed by atoms with Gasteiger partial charge in [0.15, 0.2) is 0 Å². The molecule has 5 heteroatoms. The lowest BCUT2D eigenvalue weighted by Gasteiger charge is -2.17. The summed E-state index contributed by atoms with van der Waals surface area (Å²) in [7, 11) is 0. The number of nitrogens with one attached hydrogen (secondary N) is 1. The Hall–Kier alpha value is -0.550. The third kappa shape index (κ3) is 3.22. The van der Waals surface area contributed by atoms with Crippen LogP contribution in [0.2, 0.25) is 5.02 Å². The van der Waals surface area contributed by atoms with Crippen molar-refractivity contribution in [3.05, 3.63) is 50.1 Å². The van der Waals surface area contributed by atoms with Crippen molar-refractivity contribution in [2.45, 2.75) is 6.04 Å². The topological polar surface area (TPSA) is 32.3 Å². The van der Waals surface area contributed by atoms with Crippen LogP contribution in [-0.4, -0.2) is 11.7 Å². The van der Waals surface area contributed by atoms with Gasteiger partial charge in [-0.25, -0.2) is 0 Å². The number of rotatable bonds is 4. The van der Waals surface area contributed by atoms with Gasteiger partial charge in [0.2, 0.25) is 0 Å². The molecular formula is C12H11BrClNOS. The standard InChI is InChI=1S/C12H11BrClNOS/c13-8-5-12(17-7-8)11(6-16)15-10-4-2-1-3-9(10)14/h1-5,7,11,15-16H,6H2. The number of aliphatic hydroxyl groups excluding tert-OH is 1. The second kappa shape index (κ2) is 5.87. The Morgan fingerprint density at radius 1 is 1.41 bits per heavy atom. The molecule has 0 saturated heterocycles. The summed E-state index contributed by atoms with van der Waals surface area (Å²) in [4.78, 5) is 1.07. The van der Waals surface area contributed by atoms with E-state index < -0.39 is 0 Å². The van der Waals surface area contributed by atoms with E-state index in [1.54, 1.807) is 11.3 Å². The second-order valence-corrected chi connectivity index (χ2v) is 5.79. The van der Waals surface area contributed by atoms with Gasteiger partial charge >= 0.3 is 0 Å². The van der Waals surface area contributed by atoms with Gasteiger partial charge in [-0.2, -0.15) is 0 Å². The maximum atomic E-state index is 9.43. The zero-order valence-electron chi connectivity index (χ0n) is 8.86. The molecule has 0 aliphatic heterocycles. The molecule has 1 atom stereocenters. The summed E-state index contributed by atoms with van der Waals surface area (Å²) in [5.74, 6) is 0. The molecule has 0 spiro atoms. The highest BCUT2D eigenvalue weighted by Gasteiger charge is 2.13. The first-order valence-corrected chi connectivity index (χ1v) is 7.11. The summed E-state index contributed by atoms with van der Waals surface area (Å²) in [5, 5.41) is 15.3. The molecular weight excluding hydrogens is 322 g/mol. The largest absolute Gasteiger partial charge is 0.394 e. The number of hydrogen-bond donors (Lipinski definition) is 2. The molecule has 0 bridgehead atoms. The summed E-state index contributed by atoms with van der Waals surface area (Å²) in [6.45, 7) is 0.0260. The normalized spacial score (nSPS) is 12.4.